The van der Waals surface area contributed by atoms with Crippen molar-refractivity contribution in [3.8, 4) is 16.9 Å². The number of carboxylic acid groups (broad SMARTS) is 1. The largest absolute Gasteiger partial charge is 1.00 e. The summed E-state index contributed by atoms with van der Waals surface area (Å²) in [6.07, 6.45) is 0. The number of benzene rings is 6. The van der Waals surface area contributed by atoms with Gasteiger partial charge in [-0.3, -0.25) is 0 Å². The third-order valence-electron chi connectivity index (χ3n) is 7.38. The fourth-order valence-corrected chi connectivity index (χ4v) is 5.32. The summed E-state index contributed by atoms with van der Waals surface area (Å²) >= 11 is 0. The van der Waals surface area contributed by atoms with Crippen molar-refractivity contribution in [2.24, 2.45) is 30.7 Å². The fraction of sp³-hybridized carbons (Fsp3) is 0. The molecule has 0 unspecified atom stereocenters. The van der Waals surface area contributed by atoms with Gasteiger partial charge >= 0.3 is 65.1 Å². The number of carbonyl (C=O) groups is 1. The summed E-state index contributed by atoms with van der Waals surface area (Å²) in [7, 11) is -4.76. The average Bonchev–Trinajstić information content (AvgIpc) is 3.10. The minimum atomic E-state index is -4.76. The van der Waals surface area contributed by atoms with Crippen LogP contribution >= 0.6 is 0 Å². The molecule has 0 spiro atoms. The van der Waals surface area contributed by atoms with Gasteiger partial charge in [-0.2, -0.15) is 15.3 Å². The normalized spacial score (nSPS) is 11.6. The monoisotopic (exact) mass is 731 g/mol. The summed E-state index contributed by atoms with van der Waals surface area (Å²) in [5.74, 6) is -1.63. The molecular weight excluding hydrogens is 706 g/mol. The van der Waals surface area contributed by atoms with Gasteiger partial charge in [0.15, 0.2) is 0 Å². The van der Waals surface area contributed by atoms with E-state index in [0.717, 1.165) is 11.1 Å². The second-order valence-electron chi connectivity index (χ2n) is 10.8. The molecule has 0 atom stereocenters. The first kappa shape index (κ1) is 39.9. The van der Waals surface area contributed by atoms with Crippen LogP contribution in [0.5, 0.6) is 5.75 Å². The Hall–Kier alpha value is -4.84. The van der Waals surface area contributed by atoms with Gasteiger partial charge in [-0.05, 0) is 96.1 Å². The van der Waals surface area contributed by atoms with Gasteiger partial charge in [-0.25, -0.2) is 13.2 Å². The molecule has 0 fully saturated rings. The SMILES string of the molecule is Nc1ccc(N=Nc2ccc(N=Nc3ccc(-c4ccc(N=Nc5ccc(O)c(C(=O)O)c5)cc4)cc3)c3cc(S(=O)(=O)[O-])ccc23)c(N)c1.[Na+].[Na+]. The third kappa shape index (κ3) is 9.52. The molecule has 52 heavy (non-hydrogen) atoms. The van der Waals surface area contributed by atoms with Crippen molar-refractivity contribution in [2.75, 3.05) is 11.5 Å². The van der Waals surface area contributed by atoms with E-state index < -0.39 is 21.0 Å². The first-order chi connectivity index (χ1) is 23.9. The first-order valence-electron chi connectivity index (χ1n) is 14.6. The molecule has 0 saturated heterocycles. The van der Waals surface area contributed by atoms with Crippen molar-refractivity contribution in [2.45, 2.75) is 4.90 Å². The molecule has 0 heterocycles. The number of aromatic hydroxyl groups is 1. The van der Waals surface area contributed by atoms with Crippen LogP contribution in [0.25, 0.3) is 21.9 Å². The van der Waals surface area contributed by atoms with Gasteiger partial charge in [0.05, 0.1) is 39.0 Å². The Morgan fingerprint density at radius 1 is 0.577 bits per heavy atom. The molecule has 0 aliphatic carbocycles. The number of azo groups is 3. The van der Waals surface area contributed by atoms with Crippen molar-refractivity contribution in [3.05, 3.63) is 121 Å². The molecule has 248 valence electrons. The number of nitrogens with two attached hydrogens (primary N) is 2. The van der Waals surface area contributed by atoms with E-state index in [4.69, 9.17) is 11.5 Å². The van der Waals surface area contributed by atoms with Crippen molar-refractivity contribution in [3.63, 3.8) is 0 Å². The Balaban J connectivity index is 0.00000302. The summed E-state index contributed by atoms with van der Waals surface area (Å²) < 4.78 is 35.5. The zero-order chi connectivity index (χ0) is 35.4. The van der Waals surface area contributed by atoms with Crippen LogP contribution in [0.1, 0.15) is 10.4 Å². The van der Waals surface area contributed by atoms with Crippen LogP contribution in [0, 0.1) is 0 Å². The van der Waals surface area contributed by atoms with Crippen molar-refractivity contribution in [1.82, 2.24) is 0 Å². The number of hydrogen-bond donors (Lipinski definition) is 4. The van der Waals surface area contributed by atoms with Crippen LogP contribution in [0.15, 0.2) is 151 Å². The topological polar surface area (TPSA) is 241 Å². The molecule has 17 heteroatoms. The molecular formula is C35H25N8Na2O6S+. The minimum absolute atomic E-state index is 0. The number of nitrogens with zero attached hydrogens (tertiary/aromatic N) is 6. The smallest absolute Gasteiger partial charge is 0.744 e. The molecule has 0 aliphatic rings. The summed E-state index contributed by atoms with van der Waals surface area (Å²) in [5.41, 5.74) is 16.4. The van der Waals surface area contributed by atoms with E-state index in [1.54, 1.807) is 54.6 Å². The number of phenols is 1. The Labute approximate surface area is 341 Å². The maximum atomic E-state index is 11.8. The van der Waals surface area contributed by atoms with Gasteiger partial charge in [0.1, 0.15) is 27.1 Å². The van der Waals surface area contributed by atoms with Gasteiger partial charge < -0.3 is 26.2 Å². The molecule has 0 bridgehead atoms. The summed E-state index contributed by atoms with van der Waals surface area (Å²) in [6.45, 7) is 0. The second kappa shape index (κ2) is 17.1. The van der Waals surface area contributed by atoms with Crippen LogP contribution in [-0.2, 0) is 10.1 Å². The standard InChI is InChI=1S/C35H26N8O6S.2Na/c36-22-5-13-33(30(37)17-22)43-42-31-14-15-32(28-19-26(50(47,48)49)11-12-27(28)31)41-39-24-8-3-21(4-9-24)20-1-6-23(7-2-20)38-40-25-10-16-34(44)29(18-25)35(45)46;;/h1-19,44H,36-37H2,(H,45,46)(H,47,48,49);;/q;2*+1/p-1. The number of fused-ring (bicyclic) bond motifs is 1. The fourth-order valence-electron chi connectivity index (χ4n) is 4.82. The molecule has 0 aromatic heterocycles. The summed E-state index contributed by atoms with van der Waals surface area (Å²) in [5, 5.41) is 45.0. The molecule has 0 amide bonds. The van der Waals surface area contributed by atoms with Crippen molar-refractivity contribution in [1.29, 1.82) is 0 Å². The predicted octanol–water partition coefficient (Wildman–Crippen LogP) is 3.23. The average molecular weight is 732 g/mol. The Morgan fingerprint density at radius 3 is 1.65 bits per heavy atom. The maximum Gasteiger partial charge on any atom is 1.00 e. The van der Waals surface area contributed by atoms with Gasteiger partial charge in [0, 0.05) is 16.5 Å². The van der Waals surface area contributed by atoms with Crippen LogP contribution in [0.4, 0.5) is 45.5 Å². The number of carboxylic acids is 1. The van der Waals surface area contributed by atoms with Crippen molar-refractivity contribution < 1.29 is 87.1 Å². The first-order valence-corrected chi connectivity index (χ1v) is 16.1. The minimum Gasteiger partial charge on any atom is -0.744 e. The van der Waals surface area contributed by atoms with E-state index in [0.29, 0.717) is 50.6 Å². The molecule has 14 nitrogen and oxygen atoms in total. The van der Waals surface area contributed by atoms with Crippen molar-refractivity contribution >= 4 is 72.4 Å². The van der Waals surface area contributed by atoms with E-state index in [1.807, 2.05) is 24.3 Å². The third-order valence-corrected chi connectivity index (χ3v) is 8.21. The second-order valence-corrected chi connectivity index (χ2v) is 12.2. The van der Waals surface area contributed by atoms with Crippen LogP contribution < -0.4 is 70.6 Å². The summed E-state index contributed by atoms with van der Waals surface area (Å²) in [4.78, 5) is 10.8. The van der Waals surface area contributed by atoms with E-state index in [1.165, 1.54) is 36.4 Å². The van der Waals surface area contributed by atoms with Crippen LogP contribution in [0.2, 0.25) is 0 Å². The van der Waals surface area contributed by atoms with Gasteiger partial charge in [-0.15, -0.1) is 15.3 Å². The number of nitrogen functional groups attached to an aromatic ring is 2. The molecule has 0 radical (unpaired) electrons. The number of anilines is 2. The number of hydrogen-bond acceptors (Lipinski definition) is 13. The van der Waals surface area contributed by atoms with E-state index >= 15 is 0 Å². The Bertz CT molecular complexity index is 2480. The zero-order valence-electron chi connectivity index (χ0n) is 27.7. The predicted molar refractivity (Wildman–Crippen MR) is 187 cm³/mol. The molecule has 6 aromatic rings. The number of rotatable bonds is 9. The summed E-state index contributed by atoms with van der Waals surface area (Å²) in [6, 6.07) is 30.3. The van der Waals surface area contributed by atoms with Gasteiger partial charge in [0.2, 0.25) is 0 Å². The van der Waals surface area contributed by atoms with E-state index in [9.17, 15) is 28.0 Å². The Morgan fingerprint density at radius 2 is 1.08 bits per heavy atom. The Kier molecular flexibility index (Phi) is 13.1. The molecule has 6 rings (SSSR count). The van der Waals surface area contributed by atoms with Gasteiger partial charge in [0.25, 0.3) is 0 Å². The zero-order valence-corrected chi connectivity index (χ0v) is 32.6. The molecule has 0 saturated carbocycles. The van der Waals surface area contributed by atoms with Crippen LogP contribution in [0.3, 0.4) is 0 Å². The maximum absolute atomic E-state index is 11.8. The quantitative estimate of drug-likeness (QED) is 0.0743. The molecule has 0 aliphatic heterocycles. The van der Waals surface area contributed by atoms with E-state index in [-0.39, 0.29) is 76.1 Å². The number of aromatic carboxylic acids is 1. The molecule has 6 N–H and O–H groups in total. The van der Waals surface area contributed by atoms with Crippen LogP contribution in [-0.4, -0.2) is 29.2 Å². The van der Waals surface area contributed by atoms with E-state index in [2.05, 4.69) is 30.7 Å². The molecule has 6 aromatic carbocycles. The van der Waals surface area contributed by atoms with Gasteiger partial charge in [-0.1, -0.05) is 30.3 Å².